The Hall–Kier alpha value is -1.27. The van der Waals surface area contributed by atoms with E-state index >= 15 is 0 Å². The van der Waals surface area contributed by atoms with E-state index in [2.05, 4.69) is 22.6 Å². The maximum atomic E-state index is 11.9. The summed E-state index contributed by atoms with van der Waals surface area (Å²) in [6.07, 6.45) is -0.793. The molecule has 20 heavy (non-hydrogen) atoms. The molecule has 2 aromatic carbocycles. The van der Waals surface area contributed by atoms with Crippen molar-refractivity contribution in [2.75, 3.05) is 7.11 Å². The minimum atomic E-state index is -0.793. The lowest BCUT2D eigenvalue weighted by atomic mass is 10.1. The molecule has 0 aromatic heterocycles. The molecule has 0 N–H and O–H groups in total. The first kappa shape index (κ1) is 15.1. The maximum absolute atomic E-state index is 11.9. The number of hydrogen-bond donors (Lipinski definition) is 0. The van der Waals surface area contributed by atoms with Gasteiger partial charge in [0.1, 0.15) is 5.75 Å². The highest BCUT2D eigenvalue weighted by atomic mass is 127. The van der Waals surface area contributed by atoms with Gasteiger partial charge in [0.15, 0.2) is 0 Å². The lowest BCUT2D eigenvalue weighted by Crippen LogP contribution is -2.20. The van der Waals surface area contributed by atoms with Gasteiger partial charge in [0, 0.05) is 14.2 Å². The van der Waals surface area contributed by atoms with Gasteiger partial charge in [0.2, 0.25) is 6.10 Å². The lowest BCUT2D eigenvalue weighted by molar-refractivity contribution is -0.149. The summed E-state index contributed by atoms with van der Waals surface area (Å²) < 4.78 is 11.6. The van der Waals surface area contributed by atoms with Crippen LogP contribution < -0.4 is 4.74 Å². The highest BCUT2D eigenvalue weighted by Gasteiger charge is 2.23. The second kappa shape index (κ2) is 6.95. The van der Waals surface area contributed by atoms with Crippen LogP contribution in [-0.2, 0) is 9.53 Å². The Bertz CT molecular complexity index is 581. The molecule has 0 saturated carbocycles. The van der Waals surface area contributed by atoms with Crippen LogP contribution in [-0.4, -0.2) is 13.1 Å². The molecule has 0 amide bonds. The number of ether oxygens (including phenoxy) is 2. The number of carbonyl (C=O) groups is 1. The molecule has 0 saturated heterocycles. The van der Waals surface area contributed by atoms with E-state index in [1.54, 1.807) is 24.3 Å². The third-order valence-electron chi connectivity index (χ3n) is 2.66. The molecule has 0 radical (unpaired) electrons. The van der Waals surface area contributed by atoms with Crippen molar-refractivity contribution in [1.82, 2.24) is 0 Å². The van der Waals surface area contributed by atoms with E-state index in [1.165, 1.54) is 7.11 Å². The highest BCUT2D eigenvalue weighted by Crippen LogP contribution is 2.25. The molecular formula is C15H12ClIO3. The van der Waals surface area contributed by atoms with E-state index in [-0.39, 0.29) is 0 Å². The number of esters is 1. The molecule has 5 heteroatoms. The summed E-state index contributed by atoms with van der Waals surface area (Å²) in [4.78, 5) is 11.9. The number of hydrogen-bond acceptors (Lipinski definition) is 3. The Morgan fingerprint density at radius 2 is 1.70 bits per heavy atom. The van der Waals surface area contributed by atoms with Crippen LogP contribution in [0.25, 0.3) is 0 Å². The van der Waals surface area contributed by atoms with Crippen LogP contribution >= 0.6 is 34.2 Å². The average molecular weight is 403 g/mol. The molecule has 1 unspecified atom stereocenters. The summed E-state index contributed by atoms with van der Waals surface area (Å²) in [5, 5.41) is 0.612. The van der Waals surface area contributed by atoms with Gasteiger partial charge >= 0.3 is 5.97 Å². The predicted octanol–water partition coefficient (Wildman–Crippen LogP) is 4.24. The zero-order chi connectivity index (χ0) is 14.5. The third kappa shape index (κ3) is 3.86. The standard InChI is InChI=1S/C15H12ClIO3/c1-19-15(18)14(10-2-6-12(17)7-3-10)20-13-8-4-11(16)5-9-13/h2-9,14H,1H3. The van der Waals surface area contributed by atoms with Gasteiger partial charge in [0.05, 0.1) is 7.11 Å². The van der Waals surface area contributed by atoms with Crippen molar-refractivity contribution < 1.29 is 14.3 Å². The summed E-state index contributed by atoms with van der Waals surface area (Å²) in [5.41, 5.74) is 0.743. The molecule has 3 nitrogen and oxygen atoms in total. The topological polar surface area (TPSA) is 35.5 Å². The predicted molar refractivity (Wildman–Crippen MR) is 86.0 cm³/mol. The van der Waals surface area contributed by atoms with Crippen LogP contribution in [0.15, 0.2) is 48.5 Å². The van der Waals surface area contributed by atoms with Crippen LogP contribution in [0.2, 0.25) is 5.02 Å². The molecule has 2 rings (SSSR count). The molecule has 0 aliphatic heterocycles. The van der Waals surface area contributed by atoms with Crippen molar-refractivity contribution >= 4 is 40.2 Å². The molecule has 0 fully saturated rings. The molecule has 2 aromatic rings. The second-order valence-electron chi connectivity index (χ2n) is 4.03. The van der Waals surface area contributed by atoms with Crippen LogP contribution in [0.3, 0.4) is 0 Å². The molecule has 0 heterocycles. The molecule has 0 spiro atoms. The summed E-state index contributed by atoms with van der Waals surface area (Å²) in [6, 6.07) is 14.4. The van der Waals surface area contributed by atoms with Gasteiger partial charge in [-0.3, -0.25) is 0 Å². The van der Waals surface area contributed by atoms with Crippen molar-refractivity contribution in [3.05, 3.63) is 62.7 Å². The van der Waals surface area contributed by atoms with Crippen LogP contribution in [0, 0.1) is 3.57 Å². The zero-order valence-electron chi connectivity index (χ0n) is 10.7. The molecular weight excluding hydrogens is 391 g/mol. The van der Waals surface area contributed by atoms with E-state index in [1.807, 2.05) is 24.3 Å². The summed E-state index contributed by atoms with van der Waals surface area (Å²) in [5.74, 6) is 0.115. The monoisotopic (exact) mass is 402 g/mol. The summed E-state index contributed by atoms with van der Waals surface area (Å²) >= 11 is 8.03. The fourth-order valence-corrected chi connectivity index (χ4v) is 2.13. The lowest BCUT2D eigenvalue weighted by Gasteiger charge is -2.17. The zero-order valence-corrected chi connectivity index (χ0v) is 13.6. The highest BCUT2D eigenvalue weighted by molar-refractivity contribution is 14.1. The summed E-state index contributed by atoms with van der Waals surface area (Å²) in [6.45, 7) is 0. The SMILES string of the molecule is COC(=O)C(Oc1ccc(Cl)cc1)c1ccc(I)cc1. The van der Waals surface area contributed by atoms with Crippen LogP contribution in [0.5, 0.6) is 5.75 Å². The number of benzene rings is 2. The number of carbonyl (C=O) groups excluding carboxylic acids is 1. The van der Waals surface area contributed by atoms with Crippen LogP contribution in [0.1, 0.15) is 11.7 Å². The average Bonchev–Trinajstić information content (AvgIpc) is 2.47. The first-order valence-electron chi connectivity index (χ1n) is 5.85. The van der Waals surface area contributed by atoms with E-state index in [9.17, 15) is 4.79 Å². The minimum absolute atomic E-state index is 0.443. The van der Waals surface area contributed by atoms with Gasteiger partial charge in [0.25, 0.3) is 0 Å². The van der Waals surface area contributed by atoms with Gasteiger partial charge in [-0.15, -0.1) is 0 Å². The van der Waals surface area contributed by atoms with Gasteiger partial charge in [-0.05, 0) is 59.0 Å². The first-order chi connectivity index (χ1) is 9.60. The summed E-state index contributed by atoms with van der Waals surface area (Å²) in [7, 11) is 1.34. The largest absolute Gasteiger partial charge is 0.474 e. The Balaban J connectivity index is 2.26. The number of methoxy groups -OCH3 is 1. The molecule has 0 aliphatic rings. The molecule has 0 aliphatic carbocycles. The Kier molecular flexibility index (Phi) is 5.25. The third-order valence-corrected chi connectivity index (χ3v) is 3.63. The van der Waals surface area contributed by atoms with Crippen molar-refractivity contribution in [3.8, 4) is 5.75 Å². The van der Waals surface area contributed by atoms with E-state index in [0.717, 1.165) is 9.13 Å². The van der Waals surface area contributed by atoms with Crippen LogP contribution in [0.4, 0.5) is 0 Å². The Morgan fingerprint density at radius 3 is 2.25 bits per heavy atom. The Morgan fingerprint density at radius 1 is 1.10 bits per heavy atom. The van der Waals surface area contributed by atoms with Gasteiger partial charge < -0.3 is 9.47 Å². The Labute approximate surface area is 136 Å². The normalized spacial score (nSPS) is 11.8. The second-order valence-corrected chi connectivity index (χ2v) is 5.71. The van der Waals surface area contributed by atoms with Crippen molar-refractivity contribution in [1.29, 1.82) is 0 Å². The maximum Gasteiger partial charge on any atom is 0.351 e. The van der Waals surface area contributed by atoms with Crippen molar-refractivity contribution in [3.63, 3.8) is 0 Å². The molecule has 0 bridgehead atoms. The fourth-order valence-electron chi connectivity index (χ4n) is 1.65. The van der Waals surface area contributed by atoms with E-state index in [0.29, 0.717) is 10.8 Å². The van der Waals surface area contributed by atoms with Gasteiger partial charge in [-0.1, -0.05) is 23.7 Å². The van der Waals surface area contributed by atoms with Gasteiger partial charge in [-0.2, -0.15) is 0 Å². The quantitative estimate of drug-likeness (QED) is 0.567. The van der Waals surface area contributed by atoms with Gasteiger partial charge in [-0.25, -0.2) is 4.79 Å². The van der Waals surface area contributed by atoms with E-state index < -0.39 is 12.1 Å². The van der Waals surface area contributed by atoms with Crippen molar-refractivity contribution in [2.24, 2.45) is 0 Å². The smallest absolute Gasteiger partial charge is 0.351 e. The number of halogens is 2. The first-order valence-corrected chi connectivity index (χ1v) is 7.31. The molecule has 1 atom stereocenters. The minimum Gasteiger partial charge on any atom is -0.474 e. The molecule has 104 valence electrons. The van der Waals surface area contributed by atoms with Crippen molar-refractivity contribution in [2.45, 2.75) is 6.10 Å². The fraction of sp³-hybridized carbons (Fsp3) is 0.133. The number of rotatable bonds is 4. The van der Waals surface area contributed by atoms with E-state index in [4.69, 9.17) is 21.1 Å².